The highest BCUT2D eigenvalue weighted by Gasteiger charge is 2.16. The molecule has 0 saturated carbocycles. The van der Waals surface area contributed by atoms with Crippen LogP contribution in [0.3, 0.4) is 0 Å². The van der Waals surface area contributed by atoms with Crippen molar-refractivity contribution < 1.29 is 13.2 Å². The zero-order chi connectivity index (χ0) is 19.3. The van der Waals surface area contributed by atoms with Gasteiger partial charge in [-0.25, -0.2) is 8.42 Å². The molecule has 0 spiro atoms. The number of amides is 1. The molecule has 0 saturated heterocycles. The lowest BCUT2D eigenvalue weighted by Crippen LogP contribution is -2.25. The quantitative estimate of drug-likeness (QED) is 0.772. The van der Waals surface area contributed by atoms with Gasteiger partial charge < -0.3 is 5.32 Å². The van der Waals surface area contributed by atoms with Crippen LogP contribution in [0.1, 0.15) is 41.8 Å². The van der Waals surface area contributed by atoms with E-state index in [1.54, 1.807) is 6.07 Å². The number of aryl methyl sites for hydroxylation is 2. The Bertz CT molecular complexity index is 872. The first-order valence-electron chi connectivity index (χ1n) is 8.67. The van der Waals surface area contributed by atoms with E-state index in [9.17, 15) is 13.2 Å². The van der Waals surface area contributed by atoms with Crippen LogP contribution in [0.15, 0.2) is 47.4 Å². The molecule has 26 heavy (non-hydrogen) atoms. The number of benzene rings is 2. The highest BCUT2D eigenvalue weighted by molar-refractivity contribution is 7.92. The zero-order valence-corrected chi connectivity index (χ0v) is 16.5. The van der Waals surface area contributed by atoms with Gasteiger partial charge in [-0.15, -0.1) is 0 Å². The molecule has 2 rings (SSSR count). The predicted octanol–water partition coefficient (Wildman–Crippen LogP) is 3.88. The SMILES string of the molecule is Cc1ccc(NS(=O)(=O)c2ccc(C(=O)NCCC(C)C)cc2)c(C)c1. The van der Waals surface area contributed by atoms with Gasteiger partial charge in [-0.2, -0.15) is 0 Å². The van der Waals surface area contributed by atoms with E-state index in [1.165, 1.54) is 24.3 Å². The smallest absolute Gasteiger partial charge is 0.261 e. The third-order valence-electron chi connectivity index (χ3n) is 4.06. The van der Waals surface area contributed by atoms with Gasteiger partial charge in [-0.3, -0.25) is 9.52 Å². The number of nitrogens with one attached hydrogen (secondary N) is 2. The Morgan fingerprint density at radius 2 is 1.69 bits per heavy atom. The number of rotatable bonds is 7. The first-order chi connectivity index (χ1) is 12.2. The van der Waals surface area contributed by atoms with E-state index < -0.39 is 10.0 Å². The predicted molar refractivity (Wildman–Crippen MR) is 105 cm³/mol. The molecule has 2 aromatic carbocycles. The maximum Gasteiger partial charge on any atom is 0.261 e. The average Bonchev–Trinajstić information content (AvgIpc) is 2.57. The maximum atomic E-state index is 12.6. The number of hydrogen-bond donors (Lipinski definition) is 2. The second kappa shape index (κ2) is 8.36. The van der Waals surface area contributed by atoms with Crippen LogP contribution >= 0.6 is 0 Å². The topological polar surface area (TPSA) is 75.3 Å². The number of anilines is 1. The average molecular weight is 375 g/mol. The van der Waals surface area contributed by atoms with Crippen molar-refractivity contribution in [3.63, 3.8) is 0 Å². The van der Waals surface area contributed by atoms with Gasteiger partial charge in [-0.1, -0.05) is 31.5 Å². The molecule has 5 nitrogen and oxygen atoms in total. The lowest BCUT2D eigenvalue weighted by atomic mass is 10.1. The first-order valence-corrected chi connectivity index (χ1v) is 10.2. The van der Waals surface area contributed by atoms with Gasteiger partial charge in [0.05, 0.1) is 10.6 Å². The summed E-state index contributed by atoms with van der Waals surface area (Å²) in [6, 6.07) is 11.5. The molecule has 0 aliphatic rings. The molecule has 6 heteroatoms. The highest BCUT2D eigenvalue weighted by Crippen LogP contribution is 2.21. The van der Waals surface area contributed by atoms with Crippen LogP contribution in [0.2, 0.25) is 0 Å². The highest BCUT2D eigenvalue weighted by atomic mass is 32.2. The molecule has 2 aromatic rings. The molecule has 140 valence electrons. The summed E-state index contributed by atoms with van der Waals surface area (Å²) < 4.78 is 27.7. The van der Waals surface area contributed by atoms with E-state index in [2.05, 4.69) is 23.9 Å². The van der Waals surface area contributed by atoms with E-state index in [1.807, 2.05) is 26.0 Å². The molecule has 0 aliphatic carbocycles. The van der Waals surface area contributed by atoms with Crippen molar-refractivity contribution in [1.29, 1.82) is 0 Å². The standard InChI is InChI=1S/C20H26N2O3S/c1-14(2)11-12-21-20(23)17-6-8-18(9-7-17)26(24,25)22-19-10-5-15(3)13-16(19)4/h5-10,13-14,22H,11-12H2,1-4H3,(H,21,23). The van der Waals surface area contributed by atoms with E-state index in [0.29, 0.717) is 23.7 Å². The zero-order valence-electron chi connectivity index (χ0n) is 15.7. The third kappa shape index (κ3) is 5.33. The third-order valence-corrected chi connectivity index (χ3v) is 5.44. The minimum Gasteiger partial charge on any atom is -0.352 e. The van der Waals surface area contributed by atoms with Crippen molar-refractivity contribution in [3.05, 3.63) is 59.2 Å². The molecule has 0 bridgehead atoms. The van der Waals surface area contributed by atoms with E-state index in [-0.39, 0.29) is 10.8 Å². The largest absolute Gasteiger partial charge is 0.352 e. The summed E-state index contributed by atoms with van der Waals surface area (Å²) in [6.45, 7) is 8.60. The lowest BCUT2D eigenvalue weighted by molar-refractivity contribution is 0.0952. The van der Waals surface area contributed by atoms with Gasteiger partial charge in [-0.05, 0) is 62.1 Å². The van der Waals surface area contributed by atoms with Crippen LogP contribution in [-0.2, 0) is 10.0 Å². The Hall–Kier alpha value is -2.34. The molecule has 1 amide bonds. The number of sulfonamides is 1. The molecular formula is C20H26N2O3S. The Morgan fingerprint density at radius 1 is 1.04 bits per heavy atom. The minimum absolute atomic E-state index is 0.121. The molecule has 0 aromatic heterocycles. The molecule has 0 radical (unpaired) electrons. The minimum atomic E-state index is -3.70. The molecule has 0 fully saturated rings. The van der Waals surface area contributed by atoms with Gasteiger partial charge in [0.2, 0.25) is 0 Å². The van der Waals surface area contributed by atoms with Gasteiger partial charge in [0, 0.05) is 12.1 Å². The monoisotopic (exact) mass is 374 g/mol. The number of carbonyl (C=O) groups excluding carboxylic acids is 1. The summed E-state index contributed by atoms with van der Waals surface area (Å²) in [5.74, 6) is 0.316. The molecule has 0 aliphatic heterocycles. The Labute approximate surface area is 155 Å². The first kappa shape index (κ1) is 20.0. The maximum absolute atomic E-state index is 12.6. The van der Waals surface area contributed by atoms with Crippen molar-refractivity contribution in [2.45, 2.75) is 39.0 Å². The summed E-state index contributed by atoms with van der Waals surface area (Å²) in [7, 11) is -3.70. The van der Waals surface area contributed by atoms with Crippen LogP contribution in [-0.4, -0.2) is 20.9 Å². The Morgan fingerprint density at radius 3 is 2.27 bits per heavy atom. The summed E-state index contributed by atoms with van der Waals surface area (Å²) in [6.07, 6.45) is 0.901. The van der Waals surface area contributed by atoms with Gasteiger partial charge >= 0.3 is 0 Å². The van der Waals surface area contributed by atoms with E-state index in [0.717, 1.165) is 17.5 Å². The second-order valence-electron chi connectivity index (χ2n) is 6.89. The fourth-order valence-electron chi connectivity index (χ4n) is 2.49. The molecule has 2 N–H and O–H groups in total. The number of hydrogen-bond acceptors (Lipinski definition) is 3. The molecule has 0 heterocycles. The van der Waals surface area contributed by atoms with Crippen molar-refractivity contribution in [3.8, 4) is 0 Å². The molecule has 0 atom stereocenters. The fourth-order valence-corrected chi connectivity index (χ4v) is 3.62. The summed E-state index contributed by atoms with van der Waals surface area (Å²) in [5.41, 5.74) is 2.92. The van der Waals surface area contributed by atoms with Crippen molar-refractivity contribution in [2.24, 2.45) is 5.92 Å². The van der Waals surface area contributed by atoms with Crippen molar-refractivity contribution in [1.82, 2.24) is 5.32 Å². The fraction of sp³-hybridized carbons (Fsp3) is 0.350. The van der Waals surface area contributed by atoms with Crippen LogP contribution in [0, 0.1) is 19.8 Å². The summed E-state index contributed by atoms with van der Waals surface area (Å²) in [5, 5.41) is 2.84. The van der Waals surface area contributed by atoms with Crippen LogP contribution in [0.5, 0.6) is 0 Å². The summed E-state index contributed by atoms with van der Waals surface area (Å²) in [4.78, 5) is 12.2. The number of carbonyl (C=O) groups is 1. The Kier molecular flexibility index (Phi) is 6.42. The lowest BCUT2D eigenvalue weighted by Gasteiger charge is -2.12. The van der Waals surface area contributed by atoms with Gasteiger partial charge in [0.25, 0.3) is 15.9 Å². The van der Waals surface area contributed by atoms with Crippen molar-refractivity contribution in [2.75, 3.05) is 11.3 Å². The van der Waals surface area contributed by atoms with Gasteiger partial charge in [0.1, 0.15) is 0 Å². The van der Waals surface area contributed by atoms with Crippen LogP contribution in [0.25, 0.3) is 0 Å². The van der Waals surface area contributed by atoms with Crippen molar-refractivity contribution >= 4 is 21.6 Å². The Balaban J connectivity index is 2.09. The summed E-state index contributed by atoms with van der Waals surface area (Å²) >= 11 is 0. The van der Waals surface area contributed by atoms with Crippen LogP contribution in [0.4, 0.5) is 5.69 Å². The molecule has 0 unspecified atom stereocenters. The van der Waals surface area contributed by atoms with E-state index >= 15 is 0 Å². The molecular weight excluding hydrogens is 348 g/mol. The van der Waals surface area contributed by atoms with Crippen LogP contribution < -0.4 is 10.0 Å². The second-order valence-corrected chi connectivity index (χ2v) is 8.57. The van der Waals surface area contributed by atoms with Gasteiger partial charge in [0.15, 0.2) is 0 Å². The van der Waals surface area contributed by atoms with E-state index in [4.69, 9.17) is 0 Å². The normalized spacial score (nSPS) is 11.4.